The van der Waals surface area contributed by atoms with E-state index in [1.54, 1.807) is 29.2 Å². The molecular weight excluding hydrogens is 395 g/mol. The molecule has 3 amide bonds. The average molecular weight is 412 g/mol. The average Bonchev–Trinajstić information content (AvgIpc) is 3.01. The third-order valence-corrected chi connectivity index (χ3v) is 4.62. The number of halogens is 4. The van der Waals surface area contributed by atoms with E-state index in [9.17, 15) is 22.8 Å². The van der Waals surface area contributed by atoms with Crippen LogP contribution in [0.4, 0.5) is 29.3 Å². The lowest BCUT2D eigenvalue weighted by atomic mass is 10.1. The topological polar surface area (TPSA) is 61.4 Å². The number of anilines is 2. The molecule has 1 aliphatic heterocycles. The lowest BCUT2D eigenvalue weighted by Crippen LogP contribution is -2.34. The summed E-state index contributed by atoms with van der Waals surface area (Å²) in [6.45, 7) is 0.726. The number of urea groups is 1. The van der Waals surface area contributed by atoms with Gasteiger partial charge in [-0.15, -0.1) is 0 Å². The Morgan fingerprint density at radius 1 is 1.11 bits per heavy atom. The SMILES string of the molecule is O=C(NCC1CC(=O)N(c2ccc(Cl)cc2)C1)Nc1ccc(C(F)(F)F)cc1. The van der Waals surface area contributed by atoms with Gasteiger partial charge in [0, 0.05) is 41.8 Å². The molecule has 148 valence electrons. The third-order valence-electron chi connectivity index (χ3n) is 4.36. The molecule has 3 rings (SSSR count). The van der Waals surface area contributed by atoms with Crippen LogP contribution in [-0.2, 0) is 11.0 Å². The molecule has 0 aliphatic carbocycles. The van der Waals surface area contributed by atoms with Crippen molar-refractivity contribution in [2.24, 2.45) is 5.92 Å². The minimum Gasteiger partial charge on any atom is -0.338 e. The maximum Gasteiger partial charge on any atom is 0.416 e. The molecule has 1 unspecified atom stereocenters. The molecule has 1 atom stereocenters. The zero-order valence-corrected chi connectivity index (χ0v) is 15.3. The van der Waals surface area contributed by atoms with E-state index in [0.29, 0.717) is 18.0 Å². The van der Waals surface area contributed by atoms with Crippen molar-refractivity contribution in [3.8, 4) is 0 Å². The van der Waals surface area contributed by atoms with Gasteiger partial charge in [-0.05, 0) is 48.5 Å². The zero-order valence-electron chi connectivity index (χ0n) is 14.6. The van der Waals surface area contributed by atoms with E-state index in [1.807, 2.05) is 0 Å². The number of benzene rings is 2. The second kappa shape index (κ2) is 8.10. The molecule has 0 radical (unpaired) electrons. The summed E-state index contributed by atoms with van der Waals surface area (Å²) < 4.78 is 37.6. The van der Waals surface area contributed by atoms with Gasteiger partial charge in [0.2, 0.25) is 5.91 Å². The molecule has 28 heavy (non-hydrogen) atoms. The van der Waals surface area contributed by atoms with Crippen molar-refractivity contribution < 1.29 is 22.8 Å². The number of nitrogens with zero attached hydrogens (tertiary/aromatic N) is 1. The van der Waals surface area contributed by atoms with Gasteiger partial charge < -0.3 is 15.5 Å². The summed E-state index contributed by atoms with van der Waals surface area (Å²) in [6.07, 6.45) is -4.13. The van der Waals surface area contributed by atoms with Crippen molar-refractivity contribution in [2.75, 3.05) is 23.3 Å². The third kappa shape index (κ3) is 4.95. The Morgan fingerprint density at radius 2 is 1.75 bits per heavy atom. The maximum absolute atomic E-state index is 12.5. The fourth-order valence-corrected chi connectivity index (χ4v) is 3.07. The monoisotopic (exact) mass is 411 g/mol. The number of nitrogens with one attached hydrogen (secondary N) is 2. The largest absolute Gasteiger partial charge is 0.416 e. The van der Waals surface area contributed by atoms with Crippen LogP contribution in [0.2, 0.25) is 5.02 Å². The van der Waals surface area contributed by atoms with Crippen molar-refractivity contribution in [3.05, 3.63) is 59.1 Å². The van der Waals surface area contributed by atoms with Crippen LogP contribution < -0.4 is 15.5 Å². The molecule has 2 aromatic carbocycles. The Morgan fingerprint density at radius 3 is 2.36 bits per heavy atom. The number of carbonyl (C=O) groups excluding carboxylic acids is 2. The summed E-state index contributed by atoms with van der Waals surface area (Å²) in [5.74, 6) is -0.112. The van der Waals surface area contributed by atoms with Gasteiger partial charge in [-0.2, -0.15) is 13.2 Å². The first kappa shape index (κ1) is 20.0. The molecule has 0 bridgehead atoms. The van der Waals surface area contributed by atoms with Crippen LogP contribution >= 0.6 is 11.6 Å². The smallest absolute Gasteiger partial charge is 0.338 e. The van der Waals surface area contributed by atoms with Gasteiger partial charge in [-0.1, -0.05) is 11.6 Å². The highest BCUT2D eigenvalue weighted by Crippen LogP contribution is 2.30. The van der Waals surface area contributed by atoms with Crippen LogP contribution in [0.25, 0.3) is 0 Å². The minimum atomic E-state index is -4.42. The first-order valence-electron chi connectivity index (χ1n) is 8.50. The highest BCUT2D eigenvalue weighted by molar-refractivity contribution is 6.30. The standard InChI is InChI=1S/C19H17ClF3N3O2/c20-14-3-7-16(8-4-14)26-11-12(9-17(26)27)10-24-18(28)25-15-5-1-13(2-6-15)19(21,22)23/h1-8,12H,9-11H2,(H2,24,25,28). The van der Waals surface area contributed by atoms with Crippen LogP contribution in [0.5, 0.6) is 0 Å². The first-order valence-corrected chi connectivity index (χ1v) is 8.88. The molecule has 5 nitrogen and oxygen atoms in total. The van der Waals surface area contributed by atoms with Crippen LogP contribution in [0.1, 0.15) is 12.0 Å². The number of hydrogen-bond acceptors (Lipinski definition) is 2. The first-order chi connectivity index (χ1) is 13.2. The van der Waals surface area contributed by atoms with Crippen molar-refractivity contribution in [1.29, 1.82) is 0 Å². The predicted molar refractivity (Wildman–Crippen MR) is 100 cm³/mol. The molecule has 2 N–H and O–H groups in total. The Bertz CT molecular complexity index is 854. The molecule has 2 aromatic rings. The van der Waals surface area contributed by atoms with Gasteiger partial charge in [-0.25, -0.2) is 4.79 Å². The van der Waals surface area contributed by atoms with Gasteiger partial charge in [0.1, 0.15) is 0 Å². The number of carbonyl (C=O) groups is 2. The van der Waals surface area contributed by atoms with E-state index in [4.69, 9.17) is 11.6 Å². The van der Waals surface area contributed by atoms with E-state index in [-0.39, 0.29) is 24.1 Å². The van der Waals surface area contributed by atoms with Crippen LogP contribution in [-0.4, -0.2) is 25.0 Å². The van der Waals surface area contributed by atoms with Crippen LogP contribution in [0, 0.1) is 5.92 Å². The Kier molecular flexibility index (Phi) is 5.79. The molecule has 0 aromatic heterocycles. The summed E-state index contributed by atoms with van der Waals surface area (Å²) in [4.78, 5) is 25.8. The lowest BCUT2D eigenvalue weighted by Gasteiger charge is -2.17. The van der Waals surface area contributed by atoms with Crippen molar-refractivity contribution in [2.45, 2.75) is 12.6 Å². The van der Waals surface area contributed by atoms with E-state index in [0.717, 1.165) is 17.8 Å². The number of rotatable bonds is 4. The van der Waals surface area contributed by atoms with Gasteiger partial charge in [0.25, 0.3) is 0 Å². The summed E-state index contributed by atoms with van der Waals surface area (Å²) >= 11 is 5.85. The minimum absolute atomic E-state index is 0.0442. The highest BCUT2D eigenvalue weighted by Gasteiger charge is 2.31. The number of hydrogen-bond donors (Lipinski definition) is 2. The Balaban J connectivity index is 1.50. The second-order valence-electron chi connectivity index (χ2n) is 6.46. The van der Waals surface area contributed by atoms with E-state index in [2.05, 4.69) is 10.6 Å². The molecule has 0 saturated carbocycles. The highest BCUT2D eigenvalue weighted by atomic mass is 35.5. The number of amides is 3. The quantitative estimate of drug-likeness (QED) is 0.776. The van der Waals surface area contributed by atoms with E-state index >= 15 is 0 Å². The summed E-state index contributed by atoms with van der Waals surface area (Å²) in [6, 6.07) is 10.5. The Labute approximate surface area is 164 Å². The van der Waals surface area contributed by atoms with E-state index in [1.165, 1.54) is 12.1 Å². The van der Waals surface area contributed by atoms with Gasteiger partial charge in [0.15, 0.2) is 0 Å². The van der Waals surface area contributed by atoms with Crippen molar-refractivity contribution >= 4 is 34.9 Å². The zero-order chi connectivity index (χ0) is 20.3. The molecule has 1 aliphatic rings. The molecule has 0 spiro atoms. The fraction of sp³-hybridized carbons (Fsp3) is 0.263. The Hall–Kier alpha value is -2.74. The number of alkyl halides is 3. The predicted octanol–water partition coefficient (Wildman–Crippen LogP) is 4.53. The van der Waals surface area contributed by atoms with Gasteiger partial charge in [0.05, 0.1) is 5.56 Å². The normalized spacial score (nSPS) is 16.9. The van der Waals surface area contributed by atoms with Crippen LogP contribution in [0.15, 0.2) is 48.5 Å². The molecular formula is C19H17ClF3N3O2. The fourth-order valence-electron chi connectivity index (χ4n) is 2.94. The molecule has 1 heterocycles. The van der Waals surface area contributed by atoms with E-state index < -0.39 is 17.8 Å². The molecule has 9 heteroatoms. The summed E-state index contributed by atoms with van der Waals surface area (Å²) in [5, 5.41) is 5.70. The maximum atomic E-state index is 12.5. The van der Waals surface area contributed by atoms with Crippen molar-refractivity contribution in [3.63, 3.8) is 0 Å². The van der Waals surface area contributed by atoms with Gasteiger partial charge in [-0.3, -0.25) is 4.79 Å². The lowest BCUT2D eigenvalue weighted by molar-refractivity contribution is -0.137. The van der Waals surface area contributed by atoms with Gasteiger partial charge >= 0.3 is 12.2 Å². The second-order valence-corrected chi connectivity index (χ2v) is 6.90. The summed E-state index contributed by atoms with van der Waals surface area (Å²) in [7, 11) is 0. The van der Waals surface area contributed by atoms with Crippen LogP contribution in [0.3, 0.4) is 0 Å². The summed E-state index contributed by atoms with van der Waals surface area (Å²) in [5.41, 5.74) is 0.201. The molecule has 1 fully saturated rings. The molecule has 1 saturated heterocycles. The van der Waals surface area contributed by atoms with Crippen molar-refractivity contribution in [1.82, 2.24) is 5.32 Å².